The summed E-state index contributed by atoms with van der Waals surface area (Å²) in [6.45, 7) is 3.99. The zero-order valence-electron chi connectivity index (χ0n) is 8.88. The normalized spacial score (nSPS) is 11.2. The summed E-state index contributed by atoms with van der Waals surface area (Å²) in [5, 5.41) is 2.20. The Bertz CT molecular complexity index is 517. The molecule has 0 aliphatic heterocycles. The second-order valence-electron chi connectivity index (χ2n) is 3.27. The highest BCUT2D eigenvalue weighted by Crippen LogP contribution is 2.30. The molecule has 0 heterocycles. The van der Waals surface area contributed by atoms with Crippen molar-refractivity contribution in [1.82, 2.24) is 0 Å². The third kappa shape index (κ3) is 3.42. The van der Waals surface area contributed by atoms with E-state index in [1.807, 2.05) is 19.0 Å². The van der Waals surface area contributed by atoms with Crippen molar-refractivity contribution >= 4 is 39.2 Å². The van der Waals surface area contributed by atoms with Crippen molar-refractivity contribution in [3.8, 4) is 0 Å². The monoisotopic (exact) mass is 273 g/mol. The summed E-state index contributed by atoms with van der Waals surface area (Å²) in [7, 11) is -3.70. The zero-order valence-corrected chi connectivity index (χ0v) is 11.3. The van der Waals surface area contributed by atoms with Crippen LogP contribution in [0.4, 0.5) is 0 Å². The van der Waals surface area contributed by atoms with E-state index in [2.05, 4.69) is 16.6 Å². The van der Waals surface area contributed by atoms with Crippen molar-refractivity contribution in [2.45, 2.75) is 28.9 Å². The van der Waals surface area contributed by atoms with Crippen molar-refractivity contribution in [1.29, 1.82) is 0 Å². The summed E-state index contributed by atoms with van der Waals surface area (Å²) in [4.78, 5) is 0.873. The number of hydrogen-bond acceptors (Lipinski definition) is 4. The lowest BCUT2D eigenvalue weighted by Crippen LogP contribution is -1.99. The number of thiocarbonyl (C=S) groups is 1. The molecule has 0 saturated carbocycles. The summed E-state index contributed by atoms with van der Waals surface area (Å²) in [6.07, 6.45) is 0. The average Bonchev–Trinajstić information content (AvgIpc) is 2.17. The summed E-state index contributed by atoms with van der Waals surface area (Å²) in [5.74, 6) is 0. The van der Waals surface area contributed by atoms with Gasteiger partial charge in [-0.15, -0.1) is 16.2 Å². The highest BCUT2D eigenvalue weighted by Gasteiger charge is 2.17. The number of thioether (sulfide) groups is 1. The predicted molar refractivity (Wildman–Crippen MR) is 69.6 cm³/mol. The van der Waals surface area contributed by atoms with Crippen LogP contribution in [0.15, 0.2) is 38.5 Å². The molecule has 0 aromatic heterocycles. The number of rotatable bonds is 4. The third-order valence-electron chi connectivity index (χ3n) is 1.65. The van der Waals surface area contributed by atoms with Crippen LogP contribution in [0.3, 0.4) is 0 Å². The van der Waals surface area contributed by atoms with Crippen molar-refractivity contribution in [2.24, 2.45) is 4.40 Å². The Morgan fingerprint density at radius 1 is 1.38 bits per heavy atom. The molecular weight excluding hydrogens is 262 g/mol. The van der Waals surface area contributed by atoms with Gasteiger partial charge in [-0.3, -0.25) is 0 Å². The van der Waals surface area contributed by atoms with Gasteiger partial charge in [-0.05, 0) is 24.4 Å². The highest BCUT2D eigenvalue weighted by molar-refractivity contribution is 8.00. The number of benzene rings is 1. The minimum Gasteiger partial charge on any atom is -0.199 e. The van der Waals surface area contributed by atoms with Crippen LogP contribution in [0.1, 0.15) is 13.8 Å². The maximum atomic E-state index is 11.7. The number of isothiocyanates is 1. The Balaban J connectivity index is 3.28. The van der Waals surface area contributed by atoms with E-state index in [1.54, 1.807) is 18.2 Å². The first-order chi connectivity index (χ1) is 7.47. The van der Waals surface area contributed by atoms with Gasteiger partial charge < -0.3 is 0 Å². The molecule has 86 valence electrons. The lowest BCUT2D eigenvalue weighted by atomic mass is 10.4. The first kappa shape index (κ1) is 13.4. The zero-order chi connectivity index (χ0) is 12.2. The molecule has 6 heteroatoms. The van der Waals surface area contributed by atoms with Gasteiger partial charge in [-0.25, -0.2) is 0 Å². The molecule has 0 radical (unpaired) electrons. The Kier molecular flexibility index (Phi) is 4.68. The molecule has 0 atom stereocenters. The van der Waals surface area contributed by atoms with Gasteiger partial charge in [0.2, 0.25) is 0 Å². The maximum absolute atomic E-state index is 11.7. The summed E-state index contributed by atoms with van der Waals surface area (Å²) in [6, 6.07) is 6.74. The summed E-state index contributed by atoms with van der Waals surface area (Å²) < 4.78 is 26.7. The van der Waals surface area contributed by atoms with E-state index < -0.39 is 10.0 Å². The van der Waals surface area contributed by atoms with Gasteiger partial charge in [-0.1, -0.05) is 26.0 Å². The Labute approximate surface area is 105 Å². The molecule has 1 rings (SSSR count). The van der Waals surface area contributed by atoms with E-state index in [0.29, 0.717) is 10.1 Å². The SMILES string of the molecule is CC(C)Sc1ccccc1S(=O)(=O)N=C=S. The second kappa shape index (κ2) is 5.59. The van der Waals surface area contributed by atoms with Crippen LogP contribution in [0.5, 0.6) is 0 Å². The van der Waals surface area contributed by atoms with Crippen LogP contribution in [0, 0.1) is 0 Å². The Morgan fingerprint density at radius 3 is 2.56 bits per heavy atom. The molecule has 16 heavy (non-hydrogen) atoms. The van der Waals surface area contributed by atoms with E-state index in [0.717, 1.165) is 0 Å². The minimum absolute atomic E-state index is 0.186. The van der Waals surface area contributed by atoms with E-state index in [9.17, 15) is 8.42 Å². The first-order valence-corrected chi connectivity index (χ1v) is 7.30. The fourth-order valence-electron chi connectivity index (χ4n) is 1.11. The Morgan fingerprint density at radius 2 is 2.00 bits per heavy atom. The van der Waals surface area contributed by atoms with Crippen LogP contribution in [0.2, 0.25) is 0 Å². The molecule has 0 spiro atoms. The van der Waals surface area contributed by atoms with Crippen molar-refractivity contribution in [3.05, 3.63) is 24.3 Å². The van der Waals surface area contributed by atoms with Crippen LogP contribution in [-0.2, 0) is 10.0 Å². The lowest BCUT2D eigenvalue weighted by molar-refractivity contribution is 0.596. The van der Waals surface area contributed by atoms with Gasteiger partial charge in [0.1, 0.15) is 4.90 Å². The standard InChI is InChI=1S/C10H11NO2S3/c1-8(2)15-9-5-3-4-6-10(9)16(12,13)11-7-14/h3-6,8H,1-2H3. The average molecular weight is 273 g/mol. The molecule has 1 aromatic rings. The smallest absolute Gasteiger partial charge is 0.199 e. The van der Waals surface area contributed by atoms with Crippen molar-refractivity contribution < 1.29 is 8.42 Å². The van der Waals surface area contributed by atoms with Crippen LogP contribution in [-0.4, -0.2) is 18.8 Å². The molecule has 3 nitrogen and oxygen atoms in total. The van der Waals surface area contributed by atoms with Gasteiger partial charge in [0.05, 0.1) is 5.16 Å². The Hall–Kier alpha value is -0.680. The quantitative estimate of drug-likeness (QED) is 0.481. The number of sulfonamides is 1. The summed E-state index contributed by atoms with van der Waals surface area (Å²) in [5.41, 5.74) is 0. The van der Waals surface area contributed by atoms with Crippen molar-refractivity contribution in [2.75, 3.05) is 0 Å². The highest BCUT2D eigenvalue weighted by atomic mass is 32.2. The van der Waals surface area contributed by atoms with Gasteiger partial charge >= 0.3 is 0 Å². The largest absolute Gasteiger partial charge is 0.291 e. The van der Waals surface area contributed by atoms with Gasteiger partial charge in [0.15, 0.2) is 0 Å². The molecule has 0 unspecified atom stereocenters. The van der Waals surface area contributed by atoms with Crippen LogP contribution in [0.25, 0.3) is 0 Å². The molecule has 0 aliphatic rings. The third-order valence-corrected chi connectivity index (χ3v) is 4.31. The predicted octanol–water partition coefficient (Wildman–Crippen LogP) is 2.98. The van der Waals surface area contributed by atoms with E-state index in [-0.39, 0.29) is 4.90 Å². The molecule has 0 amide bonds. The van der Waals surface area contributed by atoms with Gasteiger partial charge in [0.25, 0.3) is 10.0 Å². The van der Waals surface area contributed by atoms with Crippen molar-refractivity contribution in [3.63, 3.8) is 0 Å². The van der Waals surface area contributed by atoms with E-state index in [4.69, 9.17) is 0 Å². The van der Waals surface area contributed by atoms with Crippen LogP contribution < -0.4 is 0 Å². The second-order valence-corrected chi connectivity index (χ2v) is 6.64. The molecule has 0 N–H and O–H groups in total. The lowest BCUT2D eigenvalue weighted by Gasteiger charge is -2.08. The first-order valence-electron chi connectivity index (χ1n) is 4.57. The minimum atomic E-state index is -3.70. The van der Waals surface area contributed by atoms with E-state index in [1.165, 1.54) is 17.8 Å². The summed E-state index contributed by atoms with van der Waals surface area (Å²) >= 11 is 5.81. The fraction of sp³-hybridized carbons (Fsp3) is 0.300. The van der Waals surface area contributed by atoms with Crippen LogP contribution >= 0.6 is 24.0 Å². The van der Waals surface area contributed by atoms with Gasteiger partial charge in [-0.2, -0.15) is 8.42 Å². The fourth-order valence-corrected chi connectivity index (χ4v) is 3.49. The topological polar surface area (TPSA) is 46.5 Å². The number of nitrogens with zero attached hydrogens (tertiary/aromatic N) is 1. The maximum Gasteiger partial charge on any atom is 0.291 e. The number of hydrogen-bond donors (Lipinski definition) is 0. The van der Waals surface area contributed by atoms with E-state index >= 15 is 0 Å². The molecular formula is C10H11NO2S3. The molecule has 0 saturated heterocycles. The van der Waals surface area contributed by atoms with Gasteiger partial charge in [0, 0.05) is 10.1 Å². The molecule has 1 aromatic carbocycles. The molecule has 0 bridgehead atoms. The molecule has 0 fully saturated rings. The molecule has 0 aliphatic carbocycles.